The van der Waals surface area contributed by atoms with Crippen molar-refractivity contribution in [3.63, 3.8) is 0 Å². The summed E-state index contributed by atoms with van der Waals surface area (Å²) in [6.45, 7) is 0.376. The third-order valence-corrected chi connectivity index (χ3v) is 5.06. The van der Waals surface area contributed by atoms with Gasteiger partial charge in [-0.05, 0) is 31.6 Å². The van der Waals surface area contributed by atoms with Crippen LogP contribution in [0.1, 0.15) is 64.2 Å². The van der Waals surface area contributed by atoms with Crippen LogP contribution >= 0.6 is 0 Å². The average molecular weight is 282 g/mol. The predicted molar refractivity (Wildman–Crippen MR) is 80.5 cm³/mol. The summed E-state index contributed by atoms with van der Waals surface area (Å²) in [5.74, 6) is 0.538. The normalized spacial score (nSPS) is 23.3. The monoisotopic (exact) mass is 282 g/mol. The molecule has 0 aliphatic heterocycles. The van der Waals surface area contributed by atoms with Gasteiger partial charge < -0.3 is 15.4 Å². The molecule has 1 atom stereocenters. The molecule has 0 radical (unpaired) electrons. The van der Waals surface area contributed by atoms with Gasteiger partial charge in [0.05, 0.1) is 0 Å². The molecule has 0 aromatic rings. The number of carbonyl (C=O) groups excluding carboxylic acids is 1. The SMILES string of the molecule is CN(C(=O)OCC(N)C1CCCCC1)C1CCCCC1. The Bertz CT molecular complexity index is 297. The largest absolute Gasteiger partial charge is 0.448 e. The molecular weight excluding hydrogens is 252 g/mol. The molecule has 2 N–H and O–H groups in total. The Morgan fingerprint density at radius 1 is 1.10 bits per heavy atom. The van der Waals surface area contributed by atoms with Crippen molar-refractivity contribution in [3.05, 3.63) is 0 Å². The fourth-order valence-electron chi connectivity index (χ4n) is 3.59. The smallest absolute Gasteiger partial charge is 0.409 e. The number of hydrogen-bond acceptors (Lipinski definition) is 3. The highest BCUT2D eigenvalue weighted by molar-refractivity contribution is 5.67. The molecule has 0 heterocycles. The van der Waals surface area contributed by atoms with Gasteiger partial charge in [0.2, 0.25) is 0 Å². The second-order valence-electron chi connectivity index (χ2n) is 6.54. The average Bonchev–Trinajstić information content (AvgIpc) is 2.53. The van der Waals surface area contributed by atoms with E-state index in [1.54, 1.807) is 4.90 Å². The first-order valence-corrected chi connectivity index (χ1v) is 8.33. The molecule has 4 nitrogen and oxygen atoms in total. The Labute approximate surface area is 123 Å². The number of carbonyl (C=O) groups is 1. The molecule has 116 valence electrons. The third kappa shape index (κ3) is 4.37. The van der Waals surface area contributed by atoms with Crippen molar-refractivity contribution in [1.29, 1.82) is 0 Å². The van der Waals surface area contributed by atoms with Crippen LogP contribution in [0.3, 0.4) is 0 Å². The number of nitrogens with zero attached hydrogens (tertiary/aromatic N) is 1. The Morgan fingerprint density at radius 2 is 1.65 bits per heavy atom. The summed E-state index contributed by atoms with van der Waals surface area (Å²) in [5, 5.41) is 0. The quantitative estimate of drug-likeness (QED) is 0.860. The fourth-order valence-corrected chi connectivity index (χ4v) is 3.59. The van der Waals surface area contributed by atoms with Crippen LogP contribution in [0.25, 0.3) is 0 Å². The maximum absolute atomic E-state index is 12.1. The second-order valence-corrected chi connectivity index (χ2v) is 6.54. The van der Waals surface area contributed by atoms with Crippen molar-refractivity contribution < 1.29 is 9.53 Å². The van der Waals surface area contributed by atoms with Gasteiger partial charge in [0.15, 0.2) is 0 Å². The summed E-state index contributed by atoms with van der Waals surface area (Å²) >= 11 is 0. The van der Waals surface area contributed by atoms with E-state index in [2.05, 4.69) is 0 Å². The van der Waals surface area contributed by atoms with Gasteiger partial charge in [-0.25, -0.2) is 4.79 Å². The van der Waals surface area contributed by atoms with Gasteiger partial charge in [-0.2, -0.15) is 0 Å². The molecule has 2 rings (SSSR count). The molecule has 4 heteroatoms. The van der Waals surface area contributed by atoms with Gasteiger partial charge in [-0.3, -0.25) is 0 Å². The van der Waals surface area contributed by atoms with Gasteiger partial charge in [-0.1, -0.05) is 38.5 Å². The molecule has 20 heavy (non-hydrogen) atoms. The summed E-state index contributed by atoms with van der Waals surface area (Å²) in [5.41, 5.74) is 6.18. The highest BCUT2D eigenvalue weighted by Gasteiger charge is 2.25. The Morgan fingerprint density at radius 3 is 2.25 bits per heavy atom. The number of amides is 1. The minimum atomic E-state index is -0.192. The molecule has 0 saturated heterocycles. The molecule has 2 aliphatic rings. The van der Waals surface area contributed by atoms with Gasteiger partial charge >= 0.3 is 6.09 Å². The lowest BCUT2D eigenvalue weighted by atomic mass is 9.84. The minimum absolute atomic E-state index is 0.0130. The first kappa shape index (κ1) is 15.6. The van der Waals surface area contributed by atoms with Gasteiger partial charge in [0, 0.05) is 19.1 Å². The van der Waals surface area contributed by atoms with Gasteiger partial charge in [0.1, 0.15) is 6.61 Å². The summed E-state index contributed by atoms with van der Waals surface area (Å²) in [4.78, 5) is 13.9. The van der Waals surface area contributed by atoms with Crippen LogP contribution in [0.15, 0.2) is 0 Å². The van der Waals surface area contributed by atoms with E-state index >= 15 is 0 Å². The first-order chi connectivity index (χ1) is 9.68. The zero-order valence-electron chi connectivity index (χ0n) is 12.9. The van der Waals surface area contributed by atoms with Gasteiger partial charge in [-0.15, -0.1) is 0 Å². The minimum Gasteiger partial charge on any atom is -0.448 e. The molecule has 0 spiro atoms. The standard InChI is InChI=1S/C16H30N2O2/c1-18(14-10-6-3-7-11-14)16(19)20-12-15(17)13-8-4-2-5-9-13/h13-15H,2-12,17H2,1H3. The summed E-state index contributed by atoms with van der Waals surface area (Å²) in [6.07, 6.45) is 12.0. The Balaban J connectivity index is 1.70. The number of ether oxygens (including phenoxy) is 1. The zero-order valence-corrected chi connectivity index (χ0v) is 12.9. The van der Waals surface area contributed by atoms with Crippen molar-refractivity contribution in [2.75, 3.05) is 13.7 Å². The lowest BCUT2D eigenvalue weighted by molar-refractivity contribution is 0.0761. The van der Waals surface area contributed by atoms with E-state index in [0.29, 0.717) is 18.6 Å². The maximum Gasteiger partial charge on any atom is 0.409 e. The summed E-state index contributed by atoms with van der Waals surface area (Å²) in [7, 11) is 1.87. The van der Waals surface area contributed by atoms with Crippen LogP contribution in [0.5, 0.6) is 0 Å². The molecule has 2 saturated carbocycles. The van der Waals surface area contributed by atoms with Crippen molar-refractivity contribution in [2.24, 2.45) is 11.7 Å². The van der Waals surface area contributed by atoms with E-state index in [4.69, 9.17) is 10.5 Å². The maximum atomic E-state index is 12.1. The Hall–Kier alpha value is -0.770. The van der Waals surface area contributed by atoms with E-state index in [-0.39, 0.29) is 12.1 Å². The van der Waals surface area contributed by atoms with Crippen LogP contribution in [0.4, 0.5) is 4.79 Å². The number of hydrogen-bond donors (Lipinski definition) is 1. The van der Waals surface area contributed by atoms with Crippen LogP contribution in [0.2, 0.25) is 0 Å². The lowest BCUT2D eigenvalue weighted by Gasteiger charge is -2.32. The van der Waals surface area contributed by atoms with E-state index in [1.165, 1.54) is 51.4 Å². The molecule has 0 bridgehead atoms. The molecule has 0 aromatic heterocycles. The molecule has 2 aliphatic carbocycles. The highest BCUT2D eigenvalue weighted by atomic mass is 16.6. The lowest BCUT2D eigenvalue weighted by Crippen LogP contribution is -2.42. The fraction of sp³-hybridized carbons (Fsp3) is 0.938. The molecule has 0 aromatic carbocycles. The summed E-state index contributed by atoms with van der Waals surface area (Å²) in [6, 6.07) is 0.376. The predicted octanol–water partition coefficient (Wildman–Crippen LogP) is 3.30. The molecule has 1 unspecified atom stereocenters. The molecule has 2 fully saturated rings. The van der Waals surface area contributed by atoms with Gasteiger partial charge in [0.25, 0.3) is 0 Å². The van der Waals surface area contributed by atoms with Crippen molar-refractivity contribution in [3.8, 4) is 0 Å². The van der Waals surface area contributed by atoms with Crippen molar-refractivity contribution in [1.82, 2.24) is 4.90 Å². The number of rotatable bonds is 4. The number of nitrogens with two attached hydrogens (primary N) is 1. The molecular formula is C16H30N2O2. The van der Waals surface area contributed by atoms with Crippen LogP contribution < -0.4 is 5.73 Å². The topological polar surface area (TPSA) is 55.6 Å². The van der Waals surface area contributed by atoms with E-state index < -0.39 is 0 Å². The van der Waals surface area contributed by atoms with Crippen molar-refractivity contribution >= 4 is 6.09 Å². The third-order valence-electron chi connectivity index (χ3n) is 5.06. The van der Waals surface area contributed by atoms with Crippen LogP contribution in [0, 0.1) is 5.92 Å². The highest BCUT2D eigenvalue weighted by Crippen LogP contribution is 2.26. The second kappa shape index (κ2) is 7.87. The van der Waals surface area contributed by atoms with E-state index in [1.807, 2.05) is 7.05 Å². The summed E-state index contributed by atoms with van der Waals surface area (Å²) < 4.78 is 5.43. The van der Waals surface area contributed by atoms with E-state index in [0.717, 1.165) is 12.8 Å². The van der Waals surface area contributed by atoms with E-state index in [9.17, 15) is 4.79 Å². The molecule has 1 amide bonds. The van der Waals surface area contributed by atoms with Crippen LogP contribution in [-0.4, -0.2) is 36.7 Å². The van der Waals surface area contributed by atoms with Crippen molar-refractivity contribution in [2.45, 2.75) is 76.3 Å². The van der Waals surface area contributed by atoms with Crippen LogP contribution in [-0.2, 0) is 4.74 Å². The Kier molecular flexibility index (Phi) is 6.14. The zero-order chi connectivity index (χ0) is 14.4. The first-order valence-electron chi connectivity index (χ1n) is 8.33.